The van der Waals surface area contributed by atoms with Gasteiger partial charge in [-0.3, -0.25) is 4.79 Å². The van der Waals surface area contributed by atoms with E-state index in [1.807, 2.05) is 23.1 Å². The van der Waals surface area contributed by atoms with Crippen molar-refractivity contribution in [2.45, 2.75) is 12.8 Å². The van der Waals surface area contributed by atoms with Gasteiger partial charge in [-0.05, 0) is 24.6 Å². The maximum Gasteiger partial charge on any atom is 0.222 e. The topological polar surface area (TPSA) is 23.6 Å². The minimum atomic E-state index is 0.262. The highest BCUT2D eigenvalue weighted by molar-refractivity contribution is 8.68. The maximum absolute atomic E-state index is 12.0. The van der Waals surface area contributed by atoms with Crippen LogP contribution in [0.4, 0.5) is 5.69 Å². The third-order valence-corrected chi connectivity index (χ3v) is 4.69. The molecule has 1 aromatic rings. The molecule has 20 heavy (non-hydrogen) atoms. The number of carbonyl (C=O) groups excluding carboxylic acids is 1. The Morgan fingerprint density at radius 1 is 1.30 bits per heavy atom. The van der Waals surface area contributed by atoms with Crippen molar-refractivity contribution in [1.29, 1.82) is 0 Å². The van der Waals surface area contributed by atoms with E-state index in [1.165, 1.54) is 10.8 Å². The number of carbonyl (C=O) groups is 1. The molecule has 0 saturated carbocycles. The van der Waals surface area contributed by atoms with Gasteiger partial charge in [0.15, 0.2) is 0 Å². The van der Waals surface area contributed by atoms with Crippen molar-refractivity contribution in [3.05, 3.63) is 29.3 Å². The van der Waals surface area contributed by atoms with Crippen LogP contribution < -0.4 is 4.90 Å². The Bertz CT molecular complexity index is 451. The summed E-state index contributed by atoms with van der Waals surface area (Å²) in [6.07, 6.45) is 1.53. The van der Waals surface area contributed by atoms with Gasteiger partial charge in [0.1, 0.15) is 0 Å². The van der Waals surface area contributed by atoms with E-state index in [-0.39, 0.29) is 5.91 Å². The number of amides is 1. The van der Waals surface area contributed by atoms with E-state index in [9.17, 15) is 4.79 Å². The van der Waals surface area contributed by atoms with Gasteiger partial charge in [-0.15, -0.1) is 11.7 Å². The average molecular weight is 331 g/mol. The van der Waals surface area contributed by atoms with Gasteiger partial charge in [0, 0.05) is 49.1 Å². The lowest BCUT2D eigenvalue weighted by atomic mass is 10.2. The number of hydrogen-bond donors (Lipinski definition) is 1. The lowest BCUT2D eigenvalue weighted by molar-refractivity contribution is -0.131. The molecule has 0 spiro atoms. The summed E-state index contributed by atoms with van der Waals surface area (Å²) in [6.45, 7) is 3.32. The highest BCUT2D eigenvalue weighted by atomic mass is 35.5. The van der Waals surface area contributed by atoms with Crippen LogP contribution in [0.3, 0.4) is 0 Å². The maximum atomic E-state index is 12.0. The minimum Gasteiger partial charge on any atom is -0.368 e. The molecule has 1 saturated heterocycles. The summed E-state index contributed by atoms with van der Waals surface area (Å²) in [5, 5.41) is 0.755. The number of piperazine rings is 1. The second kappa shape index (κ2) is 8.05. The number of nitrogens with zero attached hydrogens (tertiary/aromatic N) is 2. The number of benzene rings is 1. The summed E-state index contributed by atoms with van der Waals surface area (Å²) < 4.78 is 0. The molecule has 1 amide bonds. The predicted molar refractivity (Wildman–Crippen MR) is 90.9 cm³/mol. The number of anilines is 1. The van der Waals surface area contributed by atoms with Gasteiger partial charge in [0.05, 0.1) is 0 Å². The van der Waals surface area contributed by atoms with Gasteiger partial charge in [-0.1, -0.05) is 28.5 Å². The van der Waals surface area contributed by atoms with Gasteiger partial charge < -0.3 is 9.80 Å². The highest BCUT2D eigenvalue weighted by Gasteiger charge is 2.20. The lowest BCUT2D eigenvalue weighted by Crippen LogP contribution is -2.48. The van der Waals surface area contributed by atoms with Gasteiger partial charge in [-0.25, -0.2) is 0 Å². The van der Waals surface area contributed by atoms with E-state index in [0.717, 1.165) is 49.1 Å². The van der Waals surface area contributed by atoms with Crippen LogP contribution in [0, 0.1) is 0 Å². The van der Waals surface area contributed by atoms with E-state index in [4.69, 9.17) is 11.6 Å². The van der Waals surface area contributed by atoms with Gasteiger partial charge >= 0.3 is 0 Å². The normalized spacial score (nSPS) is 15.5. The second-order valence-electron chi connectivity index (χ2n) is 4.78. The Hall–Kier alpha value is -0.520. The zero-order valence-corrected chi connectivity index (χ0v) is 13.8. The van der Waals surface area contributed by atoms with Crippen molar-refractivity contribution >= 4 is 45.7 Å². The SMILES string of the molecule is O=C(CCCSS)N1CCN(c2cccc(Cl)c2)CC1. The molecule has 1 aliphatic heterocycles. The molecule has 1 heterocycles. The zero-order valence-electron chi connectivity index (χ0n) is 11.3. The van der Waals surface area contributed by atoms with Crippen LogP contribution in [-0.2, 0) is 4.79 Å². The van der Waals surface area contributed by atoms with Crippen LogP contribution in [-0.4, -0.2) is 42.7 Å². The fraction of sp³-hybridized carbons (Fsp3) is 0.500. The highest BCUT2D eigenvalue weighted by Crippen LogP contribution is 2.21. The first kappa shape index (κ1) is 15.9. The molecule has 0 aliphatic carbocycles. The molecule has 3 nitrogen and oxygen atoms in total. The molecular formula is C14H19ClN2OS2. The molecular weight excluding hydrogens is 312 g/mol. The molecule has 0 unspecified atom stereocenters. The first-order valence-electron chi connectivity index (χ1n) is 6.75. The number of halogens is 1. The van der Waals surface area contributed by atoms with Crippen molar-refractivity contribution < 1.29 is 4.79 Å². The third-order valence-electron chi connectivity index (χ3n) is 3.43. The molecule has 0 aromatic heterocycles. The van der Waals surface area contributed by atoms with E-state index in [1.54, 1.807) is 0 Å². The monoisotopic (exact) mass is 330 g/mol. The summed E-state index contributed by atoms with van der Waals surface area (Å²) in [6, 6.07) is 7.88. The number of thiol groups is 1. The zero-order chi connectivity index (χ0) is 14.4. The Morgan fingerprint density at radius 2 is 2.05 bits per heavy atom. The van der Waals surface area contributed by atoms with Crippen molar-refractivity contribution in [2.75, 3.05) is 36.8 Å². The van der Waals surface area contributed by atoms with Gasteiger partial charge in [0.2, 0.25) is 5.91 Å². The molecule has 110 valence electrons. The third kappa shape index (κ3) is 4.50. The Kier molecular flexibility index (Phi) is 6.39. The van der Waals surface area contributed by atoms with E-state index < -0.39 is 0 Å². The average Bonchev–Trinajstić information content (AvgIpc) is 2.47. The Labute approximate surface area is 134 Å². The quantitative estimate of drug-likeness (QED) is 0.509. The molecule has 1 aliphatic rings. The molecule has 0 radical (unpaired) electrons. The molecule has 1 aromatic carbocycles. The van der Waals surface area contributed by atoms with Crippen LogP contribution in [0.25, 0.3) is 0 Å². The van der Waals surface area contributed by atoms with Crippen molar-refractivity contribution in [1.82, 2.24) is 4.90 Å². The lowest BCUT2D eigenvalue weighted by Gasteiger charge is -2.36. The summed E-state index contributed by atoms with van der Waals surface area (Å²) in [5.41, 5.74) is 1.14. The van der Waals surface area contributed by atoms with Crippen molar-refractivity contribution in [3.8, 4) is 0 Å². The Morgan fingerprint density at radius 3 is 2.70 bits per heavy atom. The number of hydrogen-bond acceptors (Lipinski definition) is 4. The molecule has 0 N–H and O–H groups in total. The van der Waals surface area contributed by atoms with E-state index in [2.05, 4.69) is 22.6 Å². The predicted octanol–water partition coefficient (Wildman–Crippen LogP) is 3.35. The van der Waals surface area contributed by atoms with Crippen LogP contribution in [0.15, 0.2) is 24.3 Å². The molecule has 6 heteroatoms. The smallest absolute Gasteiger partial charge is 0.222 e. The van der Waals surface area contributed by atoms with Crippen LogP contribution >= 0.6 is 34.1 Å². The molecule has 1 fully saturated rings. The first-order chi connectivity index (χ1) is 9.70. The summed E-state index contributed by atoms with van der Waals surface area (Å²) in [7, 11) is 1.49. The van der Waals surface area contributed by atoms with Crippen LogP contribution in [0.5, 0.6) is 0 Å². The largest absolute Gasteiger partial charge is 0.368 e. The van der Waals surface area contributed by atoms with Crippen molar-refractivity contribution in [2.24, 2.45) is 0 Å². The van der Waals surface area contributed by atoms with Crippen molar-refractivity contribution in [3.63, 3.8) is 0 Å². The molecule has 0 atom stereocenters. The fourth-order valence-corrected chi connectivity index (χ4v) is 3.18. The van der Waals surface area contributed by atoms with E-state index in [0.29, 0.717) is 6.42 Å². The summed E-state index contributed by atoms with van der Waals surface area (Å²) in [4.78, 5) is 16.3. The first-order valence-corrected chi connectivity index (χ1v) is 9.17. The minimum absolute atomic E-state index is 0.262. The van der Waals surface area contributed by atoms with Crippen LogP contribution in [0.2, 0.25) is 5.02 Å². The van der Waals surface area contributed by atoms with E-state index >= 15 is 0 Å². The van der Waals surface area contributed by atoms with Crippen LogP contribution in [0.1, 0.15) is 12.8 Å². The standard InChI is InChI=1S/C14H19ClN2OS2/c15-12-3-1-4-13(11-12)16-6-8-17(9-7-16)14(18)5-2-10-20-19/h1,3-4,11,19H,2,5-10H2. The van der Waals surface area contributed by atoms with Gasteiger partial charge in [0.25, 0.3) is 0 Å². The fourth-order valence-electron chi connectivity index (χ4n) is 2.33. The summed E-state index contributed by atoms with van der Waals surface area (Å²) >= 11 is 10.1. The number of rotatable bonds is 5. The summed E-state index contributed by atoms with van der Waals surface area (Å²) in [5.74, 6) is 1.19. The molecule has 2 rings (SSSR count). The second-order valence-corrected chi connectivity index (χ2v) is 6.66. The Balaban J connectivity index is 1.81. The molecule has 0 bridgehead atoms. The van der Waals surface area contributed by atoms with Gasteiger partial charge in [-0.2, -0.15) is 0 Å².